The summed E-state index contributed by atoms with van der Waals surface area (Å²) in [5, 5.41) is 16.9. The zero-order valence-corrected chi connectivity index (χ0v) is 6.59. The van der Waals surface area contributed by atoms with Gasteiger partial charge in [-0.3, -0.25) is 10.4 Å². The van der Waals surface area contributed by atoms with Crippen LogP contribution >= 0.6 is 0 Å². The lowest BCUT2D eigenvalue weighted by molar-refractivity contribution is -0.299. The molecule has 1 aromatic carbocycles. The van der Waals surface area contributed by atoms with Crippen molar-refractivity contribution in [2.45, 2.75) is 0 Å². The van der Waals surface area contributed by atoms with Crippen LogP contribution in [0.25, 0.3) is 6.08 Å². The highest BCUT2D eigenvalue weighted by molar-refractivity contribution is 5.48. The Kier molecular flexibility index (Phi) is 3.47. The Morgan fingerprint density at radius 2 is 1.83 bits per heavy atom. The van der Waals surface area contributed by atoms with Crippen LogP contribution in [0.3, 0.4) is 0 Å². The first kappa shape index (κ1) is 8.93. The van der Waals surface area contributed by atoms with Gasteiger partial charge in [0.15, 0.2) is 0 Å². The van der Waals surface area contributed by atoms with Crippen LogP contribution in [-0.2, 0) is 0 Å². The number of rotatable bonds is 3. The fourth-order valence-corrected chi connectivity index (χ4v) is 0.847. The maximum atomic E-state index is 8.37. The van der Waals surface area contributed by atoms with Gasteiger partial charge in [0.1, 0.15) is 0 Å². The van der Waals surface area contributed by atoms with E-state index >= 15 is 0 Å². The molecule has 0 fully saturated rings. The first-order valence-corrected chi connectivity index (χ1v) is 3.66. The SMILES string of the molecule is ON(O)CC=Cc1ccccc1. The van der Waals surface area contributed by atoms with Crippen molar-refractivity contribution in [1.82, 2.24) is 5.23 Å². The van der Waals surface area contributed by atoms with E-state index in [1.54, 1.807) is 6.08 Å². The van der Waals surface area contributed by atoms with E-state index in [9.17, 15) is 0 Å². The molecule has 0 amide bonds. The highest BCUT2D eigenvalue weighted by atomic mass is 16.8. The van der Waals surface area contributed by atoms with Gasteiger partial charge in [-0.05, 0) is 5.56 Å². The Balaban J connectivity index is 2.47. The molecule has 0 aliphatic carbocycles. The maximum Gasteiger partial charge on any atom is 0.0697 e. The third-order valence-corrected chi connectivity index (χ3v) is 1.38. The molecule has 0 saturated carbocycles. The maximum absolute atomic E-state index is 8.37. The molecule has 0 atom stereocenters. The van der Waals surface area contributed by atoms with Gasteiger partial charge < -0.3 is 0 Å². The normalized spacial score (nSPS) is 11.2. The van der Waals surface area contributed by atoms with Crippen molar-refractivity contribution in [3.05, 3.63) is 42.0 Å². The summed E-state index contributed by atoms with van der Waals surface area (Å²) in [5.41, 5.74) is 1.04. The van der Waals surface area contributed by atoms with Gasteiger partial charge in [0.2, 0.25) is 0 Å². The molecular formula is C9H11NO2. The molecule has 2 N–H and O–H groups in total. The monoisotopic (exact) mass is 165 g/mol. The van der Waals surface area contributed by atoms with Crippen molar-refractivity contribution < 1.29 is 10.4 Å². The van der Waals surface area contributed by atoms with E-state index in [-0.39, 0.29) is 11.8 Å². The van der Waals surface area contributed by atoms with Crippen molar-refractivity contribution in [3.63, 3.8) is 0 Å². The second-order valence-electron chi connectivity index (χ2n) is 2.37. The molecule has 1 aromatic rings. The number of hydroxylamine groups is 2. The van der Waals surface area contributed by atoms with Crippen LogP contribution in [0.4, 0.5) is 0 Å². The predicted octanol–water partition coefficient (Wildman–Crippen LogP) is 1.78. The van der Waals surface area contributed by atoms with Crippen molar-refractivity contribution >= 4 is 6.08 Å². The quantitative estimate of drug-likeness (QED) is 0.671. The summed E-state index contributed by atoms with van der Waals surface area (Å²) in [5.74, 6) is 0. The summed E-state index contributed by atoms with van der Waals surface area (Å²) in [6.07, 6.45) is 3.48. The number of benzene rings is 1. The molecule has 0 spiro atoms. The van der Waals surface area contributed by atoms with Gasteiger partial charge in [-0.1, -0.05) is 47.7 Å². The molecule has 0 bridgehead atoms. The zero-order valence-electron chi connectivity index (χ0n) is 6.59. The van der Waals surface area contributed by atoms with Crippen LogP contribution in [0.5, 0.6) is 0 Å². The molecule has 0 aromatic heterocycles. The predicted molar refractivity (Wildman–Crippen MR) is 45.8 cm³/mol. The summed E-state index contributed by atoms with van der Waals surface area (Å²) in [7, 11) is 0. The minimum Gasteiger partial charge on any atom is -0.289 e. The second-order valence-corrected chi connectivity index (χ2v) is 2.37. The van der Waals surface area contributed by atoms with Crippen LogP contribution < -0.4 is 0 Å². The van der Waals surface area contributed by atoms with E-state index in [1.165, 1.54) is 0 Å². The fourth-order valence-electron chi connectivity index (χ4n) is 0.847. The Morgan fingerprint density at radius 1 is 1.17 bits per heavy atom. The van der Waals surface area contributed by atoms with Gasteiger partial charge in [0, 0.05) is 0 Å². The van der Waals surface area contributed by atoms with E-state index in [2.05, 4.69) is 0 Å². The lowest BCUT2D eigenvalue weighted by Crippen LogP contribution is -2.12. The molecule has 0 aliphatic heterocycles. The standard InChI is InChI=1S/C9H11NO2/c11-10(12)8-4-7-9-5-2-1-3-6-9/h1-7,11-12H,8H2. The minimum atomic E-state index is 0.106. The number of nitrogens with zero attached hydrogens (tertiary/aromatic N) is 1. The Morgan fingerprint density at radius 3 is 2.42 bits per heavy atom. The second kappa shape index (κ2) is 4.66. The first-order valence-electron chi connectivity index (χ1n) is 3.66. The van der Waals surface area contributed by atoms with Crippen molar-refractivity contribution in [3.8, 4) is 0 Å². The van der Waals surface area contributed by atoms with Gasteiger partial charge in [-0.15, -0.1) is 0 Å². The molecule has 12 heavy (non-hydrogen) atoms. The summed E-state index contributed by atoms with van der Waals surface area (Å²) < 4.78 is 0. The average molecular weight is 165 g/mol. The van der Waals surface area contributed by atoms with Gasteiger partial charge in [0.25, 0.3) is 0 Å². The largest absolute Gasteiger partial charge is 0.289 e. The smallest absolute Gasteiger partial charge is 0.0697 e. The molecule has 0 saturated heterocycles. The van der Waals surface area contributed by atoms with Gasteiger partial charge >= 0.3 is 0 Å². The summed E-state index contributed by atoms with van der Waals surface area (Å²) in [6.45, 7) is 0.106. The molecule has 0 unspecified atom stereocenters. The van der Waals surface area contributed by atoms with Crippen molar-refractivity contribution in [1.29, 1.82) is 0 Å². The third-order valence-electron chi connectivity index (χ3n) is 1.38. The van der Waals surface area contributed by atoms with Crippen molar-refractivity contribution in [2.24, 2.45) is 0 Å². The van der Waals surface area contributed by atoms with Crippen LogP contribution in [0.15, 0.2) is 36.4 Å². The number of hydrogen-bond acceptors (Lipinski definition) is 3. The van der Waals surface area contributed by atoms with E-state index in [0.717, 1.165) is 5.56 Å². The van der Waals surface area contributed by atoms with E-state index < -0.39 is 0 Å². The third kappa shape index (κ3) is 3.30. The molecule has 3 nitrogen and oxygen atoms in total. The molecule has 0 radical (unpaired) electrons. The van der Waals surface area contributed by atoms with Crippen LogP contribution in [0, 0.1) is 0 Å². The molecule has 64 valence electrons. The zero-order chi connectivity index (χ0) is 8.81. The summed E-state index contributed by atoms with van der Waals surface area (Å²) in [4.78, 5) is 0. The van der Waals surface area contributed by atoms with Crippen LogP contribution in [-0.4, -0.2) is 22.2 Å². The van der Waals surface area contributed by atoms with E-state index in [0.29, 0.717) is 0 Å². The topological polar surface area (TPSA) is 43.7 Å². The average Bonchev–Trinajstić information content (AvgIpc) is 2.05. The Bertz CT molecular complexity index is 244. The molecule has 1 rings (SSSR count). The molecular weight excluding hydrogens is 154 g/mol. The van der Waals surface area contributed by atoms with Crippen LogP contribution in [0.1, 0.15) is 5.56 Å². The van der Waals surface area contributed by atoms with Gasteiger partial charge in [-0.2, -0.15) is 0 Å². The fraction of sp³-hybridized carbons (Fsp3) is 0.111. The summed E-state index contributed by atoms with van der Waals surface area (Å²) in [6, 6.07) is 9.66. The molecule has 0 aliphatic rings. The van der Waals surface area contributed by atoms with Crippen LogP contribution in [0.2, 0.25) is 0 Å². The van der Waals surface area contributed by atoms with Gasteiger partial charge in [0.05, 0.1) is 6.54 Å². The molecule has 3 heteroatoms. The lowest BCUT2D eigenvalue weighted by atomic mass is 10.2. The van der Waals surface area contributed by atoms with Crippen molar-refractivity contribution in [2.75, 3.05) is 6.54 Å². The highest BCUT2D eigenvalue weighted by Gasteiger charge is 1.86. The first-order chi connectivity index (χ1) is 5.79. The minimum absolute atomic E-state index is 0.106. The highest BCUT2D eigenvalue weighted by Crippen LogP contribution is 2.00. The lowest BCUT2D eigenvalue weighted by Gasteiger charge is -1.99. The van der Waals surface area contributed by atoms with Gasteiger partial charge in [-0.25, -0.2) is 0 Å². The molecule has 0 heterocycles. The summed E-state index contributed by atoms with van der Waals surface area (Å²) >= 11 is 0. The Hall–Kier alpha value is -1.16. The Labute approximate surface area is 71.1 Å². The van der Waals surface area contributed by atoms with E-state index in [1.807, 2.05) is 36.4 Å². The number of hydrogen-bond donors (Lipinski definition) is 2. The van der Waals surface area contributed by atoms with E-state index in [4.69, 9.17) is 10.4 Å².